The standard InChI is InChI=1S/C17H27N3/c1-14-9-15(2)11-17(10-14)20-6-3-16(13-20)12-19-7-4-18-5-8-19/h9-11,16,18H,3-8,12-13H2,1-2H3. The number of hydrogen-bond donors (Lipinski definition) is 1. The zero-order chi connectivity index (χ0) is 13.9. The van der Waals surface area contributed by atoms with E-state index in [4.69, 9.17) is 0 Å². The summed E-state index contributed by atoms with van der Waals surface area (Å²) in [6.45, 7) is 12.9. The first-order chi connectivity index (χ1) is 9.70. The van der Waals surface area contributed by atoms with Crippen molar-refractivity contribution in [1.29, 1.82) is 0 Å². The number of hydrogen-bond acceptors (Lipinski definition) is 3. The van der Waals surface area contributed by atoms with Crippen molar-refractivity contribution in [2.75, 3.05) is 50.7 Å². The van der Waals surface area contributed by atoms with Gasteiger partial charge in [-0.1, -0.05) is 6.07 Å². The molecule has 0 bridgehead atoms. The fraction of sp³-hybridized carbons (Fsp3) is 0.647. The maximum absolute atomic E-state index is 3.43. The lowest BCUT2D eigenvalue weighted by Crippen LogP contribution is -2.45. The molecular weight excluding hydrogens is 246 g/mol. The van der Waals surface area contributed by atoms with Crippen LogP contribution in [0.25, 0.3) is 0 Å². The lowest BCUT2D eigenvalue weighted by atomic mass is 10.1. The van der Waals surface area contributed by atoms with E-state index in [0.29, 0.717) is 0 Å². The lowest BCUT2D eigenvalue weighted by molar-refractivity contribution is 0.212. The highest BCUT2D eigenvalue weighted by Crippen LogP contribution is 2.26. The molecule has 110 valence electrons. The van der Waals surface area contributed by atoms with Gasteiger partial charge in [-0.3, -0.25) is 0 Å². The number of nitrogens with zero attached hydrogens (tertiary/aromatic N) is 2. The Morgan fingerprint density at radius 2 is 1.75 bits per heavy atom. The number of nitrogens with one attached hydrogen (secondary N) is 1. The first-order valence-electron chi connectivity index (χ1n) is 7.97. The summed E-state index contributed by atoms with van der Waals surface area (Å²) in [6, 6.07) is 6.93. The van der Waals surface area contributed by atoms with Gasteiger partial charge in [0.15, 0.2) is 0 Å². The summed E-state index contributed by atoms with van der Waals surface area (Å²) in [5, 5.41) is 3.43. The Labute approximate surface area is 123 Å². The second-order valence-corrected chi connectivity index (χ2v) is 6.50. The number of benzene rings is 1. The fourth-order valence-corrected chi connectivity index (χ4v) is 3.61. The Hall–Kier alpha value is -1.06. The van der Waals surface area contributed by atoms with Crippen LogP contribution in [-0.4, -0.2) is 50.7 Å². The molecule has 1 atom stereocenters. The summed E-state index contributed by atoms with van der Waals surface area (Å²) in [4.78, 5) is 5.21. The van der Waals surface area contributed by atoms with E-state index in [1.807, 2.05) is 0 Å². The van der Waals surface area contributed by atoms with Crippen molar-refractivity contribution in [2.45, 2.75) is 20.3 Å². The van der Waals surface area contributed by atoms with Crippen LogP contribution in [0.1, 0.15) is 17.5 Å². The number of rotatable bonds is 3. The summed E-state index contributed by atoms with van der Waals surface area (Å²) < 4.78 is 0. The van der Waals surface area contributed by atoms with Crippen LogP contribution in [0, 0.1) is 19.8 Å². The van der Waals surface area contributed by atoms with Crippen LogP contribution in [0.3, 0.4) is 0 Å². The second-order valence-electron chi connectivity index (χ2n) is 6.50. The van der Waals surface area contributed by atoms with Gasteiger partial charge in [0.2, 0.25) is 0 Å². The number of aryl methyl sites for hydroxylation is 2. The van der Waals surface area contributed by atoms with E-state index in [2.05, 4.69) is 47.2 Å². The molecule has 1 aromatic rings. The van der Waals surface area contributed by atoms with Gasteiger partial charge in [-0.2, -0.15) is 0 Å². The van der Waals surface area contributed by atoms with Crippen LogP contribution in [0.5, 0.6) is 0 Å². The lowest BCUT2D eigenvalue weighted by Gasteiger charge is -2.29. The van der Waals surface area contributed by atoms with E-state index in [-0.39, 0.29) is 0 Å². The van der Waals surface area contributed by atoms with Crippen molar-refractivity contribution in [3.05, 3.63) is 29.3 Å². The fourth-order valence-electron chi connectivity index (χ4n) is 3.61. The monoisotopic (exact) mass is 273 g/mol. The third-order valence-electron chi connectivity index (χ3n) is 4.58. The molecule has 0 aliphatic carbocycles. The van der Waals surface area contributed by atoms with Crippen LogP contribution >= 0.6 is 0 Å². The van der Waals surface area contributed by atoms with Crippen molar-refractivity contribution < 1.29 is 0 Å². The molecule has 0 spiro atoms. The van der Waals surface area contributed by atoms with E-state index in [1.54, 1.807) is 0 Å². The van der Waals surface area contributed by atoms with Crippen LogP contribution < -0.4 is 10.2 Å². The van der Waals surface area contributed by atoms with E-state index in [0.717, 1.165) is 19.0 Å². The predicted molar refractivity (Wildman–Crippen MR) is 85.5 cm³/mol. The molecule has 2 saturated heterocycles. The van der Waals surface area contributed by atoms with E-state index >= 15 is 0 Å². The van der Waals surface area contributed by atoms with Gasteiger partial charge in [0.05, 0.1) is 0 Å². The van der Waals surface area contributed by atoms with E-state index in [9.17, 15) is 0 Å². The summed E-state index contributed by atoms with van der Waals surface area (Å²) in [5.74, 6) is 0.842. The second kappa shape index (κ2) is 6.15. The molecule has 3 rings (SSSR count). The highest BCUT2D eigenvalue weighted by atomic mass is 15.2. The minimum Gasteiger partial charge on any atom is -0.371 e. The molecule has 1 unspecified atom stereocenters. The van der Waals surface area contributed by atoms with Gasteiger partial charge in [0.25, 0.3) is 0 Å². The molecule has 0 radical (unpaired) electrons. The minimum absolute atomic E-state index is 0.842. The van der Waals surface area contributed by atoms with Gasteiger partial charge in [-0.25, -0.2) is 0 Å². The molecule has 20 heavy (non-hydrogen) atoms. The van der Waals surface area contributed by atoms with E-state index < -0.39 is 0 Å². The van der Waals surface area contributed by atoms with Crippen LogP contribution in [-0.2, 0) is 0 Å². The summed E-state index contributed by atoms with van der Waals surface area (Å²) in [5.41, 5.74) is 4.18. The summed E-state index contributed by atoms with van der Waals surface area (Å²) in [7, 11) is 0. The highest BCUT2D eigenvalue weighted by Gasteiger charge is 2.25. The average Bonchev–Trinajstić information content (AvgIpc) is 2.87. The molecule has 2 fully saturated rings. The SMILES string of the molecule is Cc1cc(C)cc(N2CCC(CN3CCNCC3)C2)c1. The average molecular weight is 273 g/mol. The Morgan fingerprint density at radius 1 is 1.05 bits per heavy atom. The maximum atomic E-state index is 3.43. The number of anilines is 1. The zero-order valence-electron chi connectivity index (χ0n) is 12.9. The first-order valence-corrected chi connectivity index (χ1v) is 7.97. The molecule has 2 aliphatic rings. The highest BCUT2D eigenvalue weighted by molar-refractivity contribution is 5.51. The smallest absolute Gasteiger partial charge is 0.0371 e. The molecule has 3 heteroatoms. The van der Waals surface area contributed by atoms with Crippen LogP contribution in [0.15, 0.2) is 18.2 Å². The molecule has 3 nitrogen and oxygen atoms in total. The molecule has 1 aromatic carbocycles. The minimum atomic E-state index is 0.842. The predicted octanol–water partition coefficient (Wildman–Crippen LogP) is 2.03. The Morgan fingerprint density at radius 3 is 2.45 bits per heavy atom. The van der Waals surface area contributed by atoms with Crippen LogP contribution in [0.4, 0.5) is 5.69 Å². The summed E-state index contributed by atoms with van der Waals surface area (Å²) >= 11 is 0. The Kier molecular flexibility index (Phi) is 4.27. The van der Waals surface area contributed by atoms with Crippen molar-refractivity contribution in [3.8, 4) is 0 Å². The molecule has 0 amide bonds. The molecule has 0 aromatic heterocycles. The molecule has 1 N–H and O–H groups in total. The quantitative estimate of drug-likeness (QED) is 0.909. The van der Waals surface area contributed by atoms with E-state index in [1.165, 1.54) is 56.0 Å². The van der Waals surface area contributed by atoms with Gasteiger partial charge in [0.1, 0.15) is 0 Å². The third kappa shape index (κ3) is 3.33. The van der Waals surface area contributed by atoms with Gasteiger partial charge < -0.3 is 15.1 Å². The van der Waals surface area contributed by atoms with Gasteiger partial charge in [-0.05, 0) is 49.4 Å². The van der Waals surface area contributed by atoms with Crippen molar-refractivity contribution >= 4 is 5.69 Å². The topological polar surface area (TPSA) is 18.5 Å². The van der Waals surface area contributed by atoms with Crippen LogP contribution in [0.2, 0.25) is 0 Å². The third-order valence-corrected chi connectivity index (χ3v) is 4.58. The molecule has 2 aliphatic heterocycles. The number of piperazine rings is 1. The summed E-state index contributed by atoms with van der Waals surface area (Å²) in [6.07, 6.45) is 1.34. The maximum Gasteiger partial charge on any atom is 0.0371 e. The van der Waals surface area contributed by atoms with Gasteiger partial charge >= 0.3 is 0 Å². The van der Waals surface area contributed by atoms with Gasteiger partial charge in [0, 0.05) is 51.5 Å². The largest absolute Gasteiger partial charge is 0.371 e. The normalized spacial score (nSPS) is 24.3. The Balaban J connectivity index is 1.58. The molecule has 2 heterocycles. The molecular formula is C17H27N3. The molecule has 0 saturated carbocycles. The Bertz CT molecular complexity index is 431. The zero-order valence-corrected chi connectivity index (χ0v) is 12.9. The van der Waals surface area contributed by atoms with Gasteiger partial charge in [-0.15, -0.1) is 0 Å². The first kappa shape index (κ1) is 13.9. The van der Waals surface area contributed by atoms with Crippen molar-refractivity contribution in [3.63, 3.8) is 0 Å². The van der Waals surface area contributed by atoms with Crippen molar-refractivity contribution in [2.24, 2.45) is 5.92 Å². The van der Waals surface area contributed by atoms with Crippen molar-refractivity contribution in [1.82, 2.24) is 10.2 Å².